The number of nitrogens with one attached hydrogen (secondary N) is 1. The van der Waals surface area contributed by atoms with Crippen LogP contribution < -0.4 is 0 Å². The van der Waals surface area contributed by atoms with E-state index in [1.54, 1.807) is 11.3 Å². The molecule has 16 heavy (non-hydrogen) atoms. The number of hydrogen-bond acceptors (Lipinski definition) is 3. The summed E-state index contributed by atoms with van der Waals surface area (Å²) in [6.45, 7) is 0. The fourth-order valence-corrected chi connectivity index (χ4v) is 2.81. The molecule has 3 aromatic rings. The molecule has 0 fully saturated rings. The smallest absolute Gasteiger partial charge is 0.200 e. The van der Waals surface area contributed by atoms with Gasteiger partial charge in [-0.3, -0.25) is 4.98 Å². The number of H-pyrrole nitrogens is 1. The van der Waals surface area contributed by atoms with Crippen LogP contribution in [0.5, 0.6) is 11.8 Å². The summed E-state index contributed by atoms with van der Waals surface area (Å²) in [4.78, 5) is 3.41. The van der Waals surface area contributed by atoms with Gasteiger partial charge in [0, 0.05) is 15.6 Å². The maximum Gasteiger partial charge on any atom is 0.200 e. The van der Waals surface area contributed by atoms with E-state index in [0.29, 0.717) is 5.56 Å². The van der Waals surface area contributed by atoms with Gasteiger partial charge in [-0.25, -0.2) is 0 Å². The van der Waals surface area contributed by atoms with Crippen LogP contribution in [0.1, 0.15) is 0 Å². The SMILES string of the molecule is Oc1cc(-c2cc3ccccc3s2)c(O)[nH]1. The van der Waals surface area contributed by atoms with E-state index in [1.807, 2.05) is 30.3 Å². The Hall–Kier alpha value is -1.94. The number of aromatic nitrogens is 1. The summed E-state index contributed by atoms with van der Waals surface area (Å²) in [5.41, 5.74) is 0.638. The maximum atomic E-state index is 9.60. The zero-order valence-corrected chi connectivity index (χ0v) is 9.08. The van der Waals surface area contributed by atoms with Crippen molar-refractivity contribution in [3.63, 3.8) is 0 Å². The van der Waals surface area contributed by atoms with Gasteiger partial charge in [0.05, 0.1) is 5.56 Å². The molecule has 3 N–H and O–H groups in total. The van der Waals surface area contributed by atoms with Crippen LogP contribution in [0.4, 0.5) is 0 Å². The average Bonchev–Trinajstić information content (AvgIpc) is 2.81. The molecular formula is C12H9NO2S. The predicted molar refractivity (Wildman–Crippen MR) is 64.9 cm³/mol. The van der Waals surface area contributed by atoms with Gasteiger partial charge in [-0.05, 0) is 17.5 Å². The third-order valence-corrected chi connectivity index (χ3v) is 3.62. The molecule has 0 radical (unpaired) electrons. The fraction of sp³-hybridized carbons (Fsp3) is 0. The topological polar surface area (TPSA) is 56.2 Å². The van der Waals surface area contributed by atoms with Gasteiger partial charge in [0.1, 0.15) is 0 Å². The van der Waals surface area contributed by atoms with Crippen molar-refractivity contribution < 1.29 is 10.2 Å². The molecule has 0 aliphatic heterocycles. The van der Waals surface area contributed by atoms with Crippen molar-refractivity contribution in [3.8, 4) is 22.2 Å². The second-order valence-electron chi connectivity index (χ2n) is 3.57. The monoisotopic (exact) mass is 231 g/mol. The van der Waals surface area contributed by atoms with Crippen LogP contribution >= 0.6 is 11.3 Å². The van der Waals surface area contributed by atoms with E-state index in [1.165, 1.54) is 6.07 Å². The van der Waals surface area contributed by atoms with Gasteiger partial charge in [0.15, 0.2) is 11.8 Å². The molecule has 0 bridgehead atoms. The van der Waals surface area contributed by atoms with Crippen LogP contribution in [-0.2, 0) is 0 Å². The minimum absolute atomic E-state index is 0.00376. The average molecular weight is 231 g/mol. The fourth-order valence-electron chi connectivity index (χ4n) is 1.73. The number of benzene rings is 1. The van der Waals surface area contributed by atoms with Crippen LogP contribution in [0, 0.1) is 0 Å². The Labute approximate surface area is 95.6 Å². The summed E-state index contributed by atoms with van der Waals surface area (Å²) < 4.78 is 1.16. The third kappa shape index (κ3) is 1.35. The summed E-state index contributed by atoms with van der Waals surface area (Å²) in [6.07, 6.45) is 0. The van der Waals surface area contributed by atoms with Crippen LogP contribution in [0.2, 0.25) is 0 Å². The highest BCUT2D eigenvalue weighted by atomic mass is 32.1. The van der Waals surface area contributed by atoms with Crippen molar-refractivity contribution in [1.82, 2.24) is 4.98 Å². The van der Waals surface area contributed by atoms with Gasteiger partial charge in [-0.2, -0.15) is 0 Å². The zero-order chi connectivity index (χ0) is 11.1. The third-order valence-electron chi connectivity index (χ3n) is 2.47. The summed E-state index contributed by atoms with van der Waals surface area (Å²) in [5, 5.41) is 20.0. The van der Waals surface area contributed by atoms with Crippen molar-refractivity contribution in [2.45, 2.75) is 0 Å². The molecule has 0 spiro atoms. The first-order valence-electron chi connectivity index (χ1n) is 4.84. The molecule has 2 heterocycles. The lowest BCUT2D eigenvalue weighted by molar-refractivity contribution is 0.426. The molecule has 4 heteroatoms. The predicted octanol–water partition coefficient (Wildman–Crippen LogP) is 3.31. The molecule has 0 atom stereocenters. The van der Waals surface area contributed by atoms with Gasteiger partial charge in [0.2, 0.25) is 0 Å². The van der Waals surface area contributed by atoms with Crippen LogP contribution in [0.3, 0.4) is 0 Å². The number of rotatable bonds is 1. The summed E-state index contributed by atoms with van der Waals surface area (Å²) >= 11 is 1.59. The highest BCUT2D eigenvalue weighted by molar-refractivity contribution is 7.22. The summed E-state index contributed by atoms with van der Waals surface area (Å²) in [6, 6.07) is 11.6. The Morgan fingerprint density at radius 1 is 1.06 bits per heavy atom. The second-order valence-corrected chi connectivity index (χ2v) is 4.65. The normalized spacial score (nSPS) is 11.0. The van der Waals surface area contributed by atoms with E-state index in [2.05, 4.69) is 4.98 Å². The van der Waals surface area contributed by atoms with E-state index in [-0.39, 0.29) is 11.8 Å². The largest absolute Gasteiger partial charge is 0.494 e. The van der Waals surface area contributed by atoms with Crippen LogP contribution in [-0.4, -0.2) is 15.2 Å². The maximum absolute atomic E-state index is 9.60. The Morgan fingerprint density at radius 3 is 2.56 bits per heavy atom. The Morgan fingerprint density at radius 2 is 1.88 bits per heavy atom. The van der Waals surface area contributed by atoms with E-state index in [0.717, 1.165) is 15.0 Å². The lowest BCUT2D eigenvalue weighted by atomic mass is 10.2. The molecule has 2 aromatic heterocycles. The van der Waals surface area contributed by atoms with Crippen molar-refractivity contribution >= 4 is 21.4 Å². The standard InChI is InChI=1S/C12H9NO2S/c14-11-6-8(12(15)13-11)10-5-7-3-1-2-4-9(7)16-10/h1-6,13-15H. The van der Waals surface area contributed by atoms with E-state index in [4.69, 9.17) is 0 Å². The molecule has 0 unspecified atom stereocenters. The highest BCUT2D eigenvalue weighted by Gasteiger charge is 2.11. The molecule has 0 saturated carbocycles. The van der Waals surface area contributed by atoms with Gasteiger partial charge < -0.3 is 10.2 Å². The van der Waals surface area contributed by atoms with Gasteiger partial charge in [0.25, 0.3) is 0 Å². The van der Waals surface area contributed by atoms with Gasteiger partial charge in [-0.1, -0.05) is 18.2 Å². The number of aromatic hydroxyl groups is 2. The lowest BCUT2D eigenvalue weighted by Crippen LogP contribution is -1.66. The minimum atomic E-state index is -0.0232. The Balaban J connectivity index is 2.22. The molecule has 0 saturated heterocycles. The molecule has 80 valence electrons. The Kier molecular flexibility index (Phi) is 1.91. The van der Waals surface area contributed by atoms with Gasteiger partial charge >= 0.3 is 0 Å². The van der Waals surface area contributed by atoms with Crippen molar-refractivity contribution in [2.75, 3.05) is 0 Å². The molecule has 0 amide bonds. The Bertz CT molecular complexity index is 621. The molecule has 0 aliphatic rings. The first kappa shape index (κ1) is 9.30. The molecular weight excluding hydrogens is 222 g/mol. The van der Waals surface area contributed by atoms with Crippen LogP contribution in [0.15, 0.2) is 36.4 Å². The van der Waals surface area contributed by atoms with Crippen molar-refractivity contribution in [2.24, 2.45) is 0 Å². The highest BCUT2D eigenvalue weighted by Crippen LogP contribution is 2.39. The second kappa shape index (κ2) is 3.28. The van der Waals surface area contributed by atoms with E-state index in [9.17, 15) is 10.2 Å². The summed E-state index contributed by atoms with van der Waals surface area (Å²) in [7, 11) is 0. The molecule has 1 aromatic carbocycles. The number of fused-ring (bicyclic) bond motifs is 1. The van der Waals surface area contributed by atoms with Crippen molar-refractivity contribution in [3.05, 3.63) is 36.4 Å². The number of thiophene rings is 1. The van der Waals surface area contributed by atoms with Crippen molar-refractivity contribution in [1.29, 1.82) is 0 Å². The van der Waals surface area contributed by atoms with E-state index >= 15 is 0 Å². The summed E-state index contributed by atoms with van der Waals surface area (Å²) in [5.74, 6) is -0.0194. The first-order valence-corrected chi connectivity index (χ1v) is 5.65. The minimum Gasteiger partial charge on any atom is -0.494 e. The zero-order valence-electron chi connectivity index (χ0n) is 8.27. The molecule has 0 aliphatic carbocycles. The number of aromatic amines is 1. The quantitative estimate of drug-likeness (QED) is 0.601. The van der Waals surface area contributed by atoms with E-state index < -0.39 is 0 Å². The van der Waals surface area contributed by atoms with Gasteiger partial charge in [-0.15, -0.1) is 11.3 Å². The number of hydrogen-bond donors (Lipinski definition) is 3. The lowest BCUT2D eigenvalue weighted by Gasteiger charge is -1.90. The van der Waals surface area contributed by atoms with Crippen LogP contribution in [0.25, 0.3) is 20.5 Å². The molecule has 3 rings (SSSR count). The first-order chi connectivity index (χ1) is 7.74. The molecule has 3 nitrogen and oxygen atoms in total.